The van der Waals surface area contributed by atoms with E-state index < -0.39 is 0 Å². The Morgan fingerprint density at radius 2 is 2.29 bits per heavy atom. The van der Waals surface area contributed by atoms with E-state index in [4.69, 9.17) is 4.74 Å². The zero-order valence-corrected chi connectivity index (χ0v) is 10.1. The van der Waals surface area contributed by atoms with Gasteiger partial charge >= 0.3 is 5.97 Å². The van der Waals surface area contributed by atoms with Crippen LogP contribution in [0.5, 0.6) is 0 Å². The van der Waals surface area contributed by atoms with Gasteiger partial charge in [0.05, 0.1) is 5.56 Å². The number of carbonyl (C=O) groups is 1. The highest BCUT2D eigenvalue weighted by Crippen LogP contribution is 2.11. The van der Waals surface area contributed by atoms with Crippen LogP contribution in [0.2, 0.25) is 0 Å². The molecule has 2 aromatic rings. The SMILES string of the molecule is C=Cc1cccc(COC(=O)c2ccsc2)c1. The monoisotopic (exact) mass is 244 g/mol. The molecule has 0 bridgehead atoms. The third kappa shape index (κ3) is 3.04. The first kappa shape index (κ1) is 11.6. The van der Waals surface area contributed by atoms with Crippen LogP contribution in [0.4, 0.5) is 0 Å². The van der Waals surface area contributed by atoms with Gasteiger partial charge in [-0.2, -0.15) is 11.3 Å². The number of thiophene rings is 1. The number of carbonyl (C=O) groups excluding carboxylic acids is 1. The van der Waals surface area contributed by atoms with Gasteiger partial charge in [0.1, 0.15) is 6.61 Å². The Kier molecular flexibility index (Phi) is 3.73. The molecule has 86 valence electrons. The van der Waals surface area contributed by atoms with Crippen LogP contribution in [-0.2, 0) is 11.3 Å². The van der Waals surface area contributed by atoms with Gasteiger partial charge < -0.3 is 4.74 Å². The molecule has 0 unspecified atom stereocenters. The van der Waals surface area contributed by atoms with Crippen LogP contribution < -0.4 is 0 Å². The first-order valence-corrected chi connectivity index (χ1v) is 6.14. The van der Waals surface area contributed by atoms with E-state index in [0.29, 0.717) is 5.56 Å². The maximum absolute atomic E-state index is 11.6. The summed E-state index contributed by atoms with van der Waals surface area (Å²) in [6, 6.07) is 9.51. The minimum absolute atomic E-state index is 0.282. The second-order valence-electron chi connectivity index (χ2n) is 3.54. The number of rotatable bonds is 4. The Balaban J connectivity index is 1.98. The van der Waals surface area contributed by atoms with Gasteiger partial charge in [0.2, 0.25) is 0 Å². The molecule has 0 aliphatic carbocycles. The van der Waals surface area contributed by atoms with E-state index in [2.05, 4.69) is 6.58 Å². The summed E-state index contributed by atoms with van der Waals surface area (Å²) in [6.07, 6.45) is 1.77. The van der Waals surface area contributed by atoms with Gasteiger partial charge in [0, 0.05) is 5.38 Å². The predicted molar refractivity (Wildman–Crippen MR) is 70.0 cm³/mol. The lowest BCUT2D eigenvalue weighted by Gasteiger charge is -2.04. The average molecular weight is 244 g/mol. The maximum Gasteiger partial charge on any atom is 0.339 e. The normalized spacial score (nSPS) is 9.88. The highest BCUT2D eigenvalue weighted by molar-refractivity contribution is 7.08. The molecule has 1 aromatic heterocycles. The summed E-state index contributed by atoms with van der Waals surface area (Å²) in [5.41, 5.74) is 2.59. The van der Waals surface area contributed by atoms with Gasteiger partial charge in [-0.05, 0) is 28.6 Å². The van der Waals surface area contributed by atoms with Crippen molar-refractivity contribution in [2.45, 2.75) is 6.61 Å². The fraction of sp³-hybridized carbons (Fsp3) is 0.0714. The quantitative estimate of drug-likeness (QED) is 0.766. The molecule has 0 aliphatic heterocycles. The largest absolute Gasteiger partial charge is 0.457 e. The van der Waals surface area contributed by atoms with E-state index in [1.165, 1.54) is 11.3 Å². The molecule has 0 saturated carbocycles. The van der Waals surface area contributed by atoms with Gasteiger partial charge in [-0.1, -0.05) is 30.9 Å². The van der Waals surface area contributed by atoms with Crippen molar-refractivity contribution in [1.82, 2.24) is 0 Å². The fourth-order valence-electron chi connectivity index (χ4n) is 1.42. The maximum atomic E-state index is 11.6. The van der Waals surface area contributed by atoms with Crippen LogP contribution in [0.1, 0.15) is 21.5 Å². The number of benzene rings is 1. The minimum atomic E-state index is -0.282. The smallest absolute Gasteiger partial charge is 0.339 e. The first-order valence-electron chi connectivity index (χ1n) is 5.20. The van der Waals surface area contributed by atoms with Crippen molar-refractivity contribution in [2.24, 2.45) is 0 Å². The van der Waals surface area contributed by atoms with E-state index >= 15 is 0 Å². The molecule has 0 aliphatic rings. The van der Waals surface area contributed by atoms with E-state index in [1.807, 2.05) is 29.6 Å². The number of esters is 1. The highest BCUT2D eigenvalue weighted by atomic mass is 32.1. The zero-order chi connectivity index (χ0) is 12.1. The summed E-state index contributed by atoms with van der Waals surface area (Å²) in [7, 11) is 0. The van der Waals surface area contributed by atoms with Crippen LogP contribution in [0, 0.1) is 0 Å². The third-order valence-corrected chi connectivity index (χ3v) is 3.00. The minimum Gasteiger partial charge on any atom is -0.457 e. The Morgan fingerprint density at radius 3 is 3.00 bits per heavy atom. The number of hydrogen-bond acceptors (Lipinski definition) is 3. The molecule has 0 radical (unpaired) electrons. The lowest BCUT2D eigenvalue weighted by atomic mass is 10.1. The van der Waals surface area contributed by atoms with Gasteiger partial charge in [0.25, 0.3) is 0 Å². The Bertz CT molecular complexity index is 515. The molecule has 0 spiro atoms. The second kappa shape index (κ2) is 5.46. The molecule has 0 fully saturated rings. The number of ether oxygens (including phenoxy) is 1. The molecular formula is C14H12O2S. The third-order valence-electron chi connectivity index (χ3n) is 2.31. The van der Waals surface area contributed by atoms with Gasteiger partial charge in [0.15, 0.2) is 0 Å². The van der Waals surface area contributed by atoms with Crippen LogP contribution >= 0.6 is 11.3 Å². The Hall–Kier alpha value is -1.87. The van der Waals surface area contributed by atoms with Gasteiger partial charge in [-0.15, -0.1) is 0 Å². The molecular weight excluding hydrogens is 232 g/mol. The standard InChI is InChI=1S/C14H12O2S/c1-2-11-4-3-5-12(8-11)9-16-14(15)13-6-7-17-10-13/h2-8,10H,1,9H2. The van der Waals surface area contributed by atoms with Gasteiger partial charge in [-0.3, -0.25) is 0 Å². The summed E-state index contributed by atoms with van der Waals surface area (Å²) in [4.78, 5) is 11.6. The van der Waals surface area contributed by atoms with E-state index in [9.17, 15) is 4.79 Å². The Morgan fingerprint density at radius 1 is 1.41 bits per heavy atom. The number of hydrogen-bond donors (Lipinski definition) is 0. The lowest BCUT2D eigenvalue weighted by Crippen LogP contribution is -2.03. The van der Waals surface area contributed by atoms with Crippen molar-refractivity contribution < 1.29 is 9.53 Å². The molecule has 0 N–H and O–H groups in total. The molecule has 0 atom stereocenters. The van der Waals surface area contributed by atoms with Crippen molar-refractivity contribution in [3.8, 4) is 0 Å². The average Bonchev–Trinajstić information content (AvgIpc) is 2.90. The lowest BCUT2D eigenvalue weighted by molar-refractivity contribution is 0.0473. The molecule has 1 aromatic carbocycles. The first-order chi connectivity index (χ1) is 8.29. The van der Waals surface area contributed by atoms with E-state index in [0.717, 1.165) is 11.1 Å². The van der Waals surface area contributed by atoms with Crippen molar-refractivity contribution in [3.63, 3.8) is 0 Å². The van der Waals surface area contributed by atoms with Crippen LogP contribution in [0.15, 0.2) is 47.7 Å². The van der Waals surface area contributed by atoms with Crippen LogP contribution in [0.3, 0.4) is 0 Å². The van der Waals surface area contributed by atoms with Crippen molar-refractivity contribution >= 4 is 23.4 Å². The van der Waals surface area contributed by atoms with Crippen molar-refractivity contribution in [3.05, 3.63) is 64.4 Å². The molecule has 2 nitrogen and oxygen atoms in total. The summed E-state index contributed by atoms with van der Waals surface area (Å²) in [5, 5.41) is 3.64. The summed E-state index contributed by atoms with van der Waals surface area (Å²) < 4.78 is 5.21. The van der Waals surface area contributed by atoms with Crippen LogP contribution in [-0.4, -0.2) is 5.97 Å². The topological polar surface area (TPSA) is 26.3 Å². The molecule has 0 saturated heterocycles. The predicted octanol–water partition coefficient (Wildman–Crippen LogP) is 3.75. The Labute approximate surface area is 104 Å². The zero-order valence-electron chi connectivity index (χ0n) is 9.26. The molecule has 17 heavy (non-hydrogen) atoms. The summed E-state index contributed by atoms with van der Waals surface area (Å²) in [5.74, 6) is -0.282. The van der Waals surface area contributed by atoms with E-state index in [-0.39, 0.29) is 12.6 Å². The molecule has 2 rings (SSSR count). The second-order valence-corrected chi connectivity index (χ2v) is 4.32. The molecule has 3 heteroatoms. The van der Waals surface area contributed by atoms with Crippen molar-refractivity contribution in [2.75, 3.05) is 0 Å². The summed E-state index contributed by atoms with van der Waals surface area (Å²) >= 11 is 1.48. The molecule has 0 amide bonds. The fourth-order valence-corrected chi connectivity index (χ4v) is 2.05. The summed E-state index contributed by atoms with van der Waals surface area (Å²) in [6.45, 7) is 3.99. The highest BCUT2D eigenvalue weighted by Gasteiger charge is 2.07. The van der Waals surface area contributed by atoms with Crippen LogP contribution in [0.25, 0.3) is 6.08 Å². The molecule has 1 heterocycles. The van der Waals surface area contributed by atoms with Crippen molar-refractivity contribution in [1.29, 1.82) is 0 Å². The van der Waals surface area contributed by atoms with Gasteiger partial charge in [-0.25, -0.2) is 4.79 Å². The van der Waals surface area contributed by atoms with E-state index in [1.54, 1.807) is 17.5 Å².